The Morgan fingerprint density at radius 1 is 1.20 bits per heavy atom. The van der Waals surface area contributed by atoms with Crippen molar-refractivity contribution in [2.24, 2.45) is 5.92 Å². The van der Waals surface area contributed by atoms with Crippen LogP contribution >= 0.6 is 11.8 Å². The van der Waals surface area contributed by atoms with Crippen LogP contribution in [0.2, 0.25) is 0 Å². The van der Waals surface area contributed by atoms with Crippen LogP contribution in [0.25, 0.3) is 5.69 Å². The van der Waals surface area contributed by atoms with E-state index in [-0.39, 0.29) is 11.9 Å². The summed E-state index contributed by atoms with van der Waals surface area (Å²) in [5.41, 5.74) is 3.49. The van der Waals surface area contributed by atoms with Gasteiger partial charge < -0.3 is 5.32 Å². The zero-order valence-electron chi connectivity index (χ0n) is 15.7. The average Bonchev–Trinajstić information content (AvgIpc) is 3.02. The first-order chi connectivity index (χ1) is 11.9. The van der Waals surface area contributed by atoms with Crippen LogP contribution in [0.5, 0.6) is 0 Å². The molecule has 2 rings (SSSR count). The second-order valence-electron chi connectivity index (χ2n) is 6.98. The number of nitrogens with one attached hydrogen (secondary N) is 1. The minimum atomic E-state index is 0.0379. The Bertz CT molecular complexity index is 711. The fourth-order valence-corrected chi connectivity index (χ4v) is 3.22. The maximum atomic E-state index is 12.2. The first-order valence-electron chi connectivity index (χ1n) is 8.76. The van der Waals surface area contributed by atoms with Gasteiger partial charge in [-0.05, 0) is 62.8 Å². The smallest absolute Gasteiger partial charge is 0.230 e. The van der Waals surface area contributed by atoms with Crippen molar-refractivity contribution in [3.63, 3.8) is 0 Å². The molecule has 25 heavy (non-hydrogen) atoms. The fraction of sp³-hybridized carbons (Fsp3) is 0.526. The molecule has 6 heteroatoms. The highest BCUT2D eigenvalue weighted by Gasteiger charge is 2.12. The maximum Gasteiger partial charge on any atom is 0.230 e. The van der Waals surface area contributed by atoms with Crippen LogP contribution < -0.4 is 5.32 Å². The van der Waals surface area contributed by atoms with Gasteiger partial charge in [-0.2, -0.15) is 0 Å². The normalized spacial score (nSPS) is 12.4. The number of amides is 1. The van der Waals surface area contributed by atoms with Gasteiger partial charge in [0.1, 0.15) is 6.33 Å². The molecular formula is C19H28N4OS. The molecule has 0 bridgehead atoms. The lowest BCUT2D eigenvalue weighted by molar-refractivity contribution is -0.119. The van der Waals surface area contributed by atoms with Gasteiger partial charge in [-0.15, -0.1) is 10.2 Å². The molecule has 0 aliphatic heterocycles. The Kier molecular flexibility index (Phi) is 7.05. The molecule has 1 N–H and O–H groups in total. The predicted octanol–water partition coefficient (Wildman–Crippen LogP) is 3.92. The molecule has 0 radical (unpaired) electrons. The number of aryl methyl sites for hydroxylation is 2. The van der Waals surface area contributed by atoms with Crippen molar-refractivity contribution in [1.29, 1.82) is 0 Å². The number of aromatic nitrogens is 3. The molecule has 5 nitrogen and oxygen atoms in total. The molecular weight excluding hydrogens is 332 g/mol. The van der Waals surface area contributed by atoms with Crippen molar-refractivity contribution in [2.45, 2.75) is 58.7 Å². The molecule has 1 heterocycles. The van der Waals surface area contributed by atoms with Crippen LogP contribution in [0.3, 0.4) is 0 Å². The second-order valence-corrected chi connectivity index (χ2v) is 7.92. The Morgan fingerprint density at radius 2 is 1.96 bits per heavy atom. The van der Waals surface area contributed by atoms with E-state index in [2.05, 4.69) is 62.3 Å². The molecule has 1 unspecified atom stereocenters. The molecule has 1 amide bonds. The Balaban J connectivity index is 1.92. The van der Waals surface area contributed by atoms with Gasteiger partial charge in [0.15, 0.2) is 5.16 Å². The standard InChI is InChI=1S/C19H28N4OS/c1-13(2)6-8-16(5)21-18(24)11-25-19-22-20-12-23(19)17-9-7-14(3)15(4)10-17/h7,9-10,12-13,16H,6,8,11H2,1-5H3,(H,21,24). The van der Waals surface area contributed by atoms with E-state index >= 15 is 0 Å². The van der Waals surface area contributed by atoms with Gasteiger partial charge in [-0.1, -0.05) is 31.7 Å². The highest BCUT2D eigenvalue weighted by molar-refractivity contribution is 7.99. The number of carbonyl (C=O) groups is 1. The molecule has 0 saturated heterocycles. The van der Waals surface area contributed by atoms with Crippen molar-refractivity contribution in [3.8, 4) is 5.69 Å². The summed E-state index contributed by atoms with van der Waals surface area (Å²) in [5, 5.41) is 11.9. The Labute approximate surface area is 154 Å². The van der Waals surface area contributed by atoms with E-state index in [1.165, 1.54) is 22.9 Å². The zero-order valence-corrected chi connectivity index (χ0v) is 16.6. The largest absolute Gasteiger partial charge is 0.353 e. The van der Waals surface area contributed by atoms with Gasteiger partial charge in [-0.25, -0.2) is 0 Å². The third kappa shape index (κ3) is 5.88. The van der Waals surface area contributed by atoms with Gasteiger partial charge in [0.25, 0.3) is 0 Å². The topological polar surface area (TPSA) is 59.8 Å². The van der Waals surface area contributed by atoms with E-state index in [4.69, 9.17) is 0 Å². The number of carbonyl (C=O) groups excluding carboxylic acids is 1. The summed E-state index contributed by atoms with van der Waals surface area (Å²) < 4.78 is 1.92. The Hall–Kier alpha value is -1.82. The van der Waals surface area contributed by atoms with E-state index in [1.54, 1.807) is 6.33 Å². The first kappa shape index (κ1) is 19.5. The number of rotatable bonds is 8. The molecule has 0 saturated carbocycles. The monoisotopic (exact) mass is 360 g/mol. The molecule has 0 spiro atoms. The van der Waals surface area contributed by atoms with Crippen molar-refractivity contribution >= 4 is 17.7 Å². The number of hydrogen-bond acceptors (Lipinski definition) is 4. The van der Waals surface area contributed by atoms with Gasteiger partial charge >= 0.3 is 0 Å². The summed E-state index contributed by atoms with van der Waals surface area (Å²) in [6, 6.07) is 6.44. The van der Waals surface area contributed by atoms with Crippen LogP contribution in [0.1, 0.15) is 44.7 Å². The molecule has 0 aliphatic rings. The third-order valence-electron chi connectivity index (χ3n) is 4.20. The highest BCUT2D eigenvalue weighted by Crippen LogP contribution is 2.21. The van der Waals surface area contributed by atoms with E-state index in [0.29, 0.717) is 11.7 Å². The highest BCUT2D eigenvalue weighted by atomic mass is 32.2. The average molecular weight is 361 g/mol. The number of hydrogen-bond donors (Lipinski definition) is 1. The molecule has 1 atom stereocenters. The van der Waals surface area contributed by atoms with Crippen LogP contribution in [-0.2, 0) is 4.79 Å². The van der Waals surface area contributed by atoms with Crippen molar-refractivity contribution in [2.75, 3.05) is 5.75 Å². The minimum absolute atomic E-state index is 0.0379. The van der Waals surface area contributed by atoms with E-state index < -0.39 is 0 Å². The van der Waals surface area contributed by atoms with Gasteiger partial charge in [0.2, 0.25) is 5.91 Å². The molecule has 0 fully saturated rings. The van der Waals surface area contributed by atoms with Crippen molar-refractivity contribution in [3.05, 3.63) is 35.7 Å². The van der Waals surface area contributed by atoms with E-state index in [0.717, 1.165) is 23.7 Å². The number of benzene rings is 1. The lowest BCUT2D eigenvalue weighted by Crippen LogP contribution is -2.34. The summed E-state index contributed by atoms with van der Waals surface area (Å²) in [7, 11) is 0. The SMILES string of the molecule is Cc1ccc(-n2cnnc2SCC(=O)NC(C)CCC(C)C)cc1C. The summed E-state index contributed by atoms with van der Waals surface area (Å²) in [5.74, 6) is 1.04. The predicted molar refractivity (Wildman–Crippen MR) is 103 cm³/mol. The van der Waals surface area contributed by atoms with Crippen LogP contribution in [-0.4, -0.2) is 32.5 Å². The lowest BCUT2D eigenvalue weighted by atomic mass is 10.0. The van der Waals surface area contributed by atoms with E-state index in [1.807, 2.05) is 10.6 Å². The summed E-state index contributed by atoms with van der Waals surface area (Å²) in [4.78, 5) is 12.2. The van der Waals surface area contributed by atoms with Gasteiger partial charge in [0.05, 0.1) is 5.75 Å². The number of nitrogens with zero attached hydrogens (tertiary/aromatic N) is 3. The molecule has 1 aromatic heterocycles. The zero-order chi connectivity index (χ0) is 18.4. The first-order valence-corrected chi connectivity index (χ1v) is 9.75. The van der Waals surface area contributed by atoms with Crippen LogP contribution in [0.15, 0.2) is 29.7 Å². The fourth-order valence-electron chi connectivity index (χ4n) is 2.48. The lowest BCUT2D eigenvalue weighted by Gasteiger charge is -2.15. The number of thioether (sulfide) groups is 1. The quantitative estimate of drug-likeness (QED) is 0.725. The summed E-state index contributed by atoms with van der Waals surface area (Å²) in [6.45, 7) is 10.6. The summed E-state index contributed by atoms with van der Waals surface area (Å²) in [6.07, 6.45) is 3.82. The molecule has 136 valence electrons. The molecule has 1 aromatic carbocycles. The van der Waals surface area contributed by atoms with Gasteiger partial charge in [0, 0.05) is 11.7 Å². The molecule has 0 aliphatic carbocycles. The van der Waals surface area contributed by atoms with Crippen LogP contribution in [0, 0.1) is 19.8 Å². The van der Waals surface area contributed by atoms with Gasteiger partial charge in [-0.3, -0.25) is 9.36 Å². The van der Waals surface area contributed by atoms with E-state index in [9.17, 15) is 4.79 Å². The minimum Gasteiger partial charge on any atom is -0.353 e. The van der Waals surface area contributed by atoms with Crippen molar-refractivity contribution in [1.82, 2.24) is 20.1 Å². The third-order valence-corrected chi connectivity index (χ3v) is 5.14. The Morgan fingerprint density at radius 3 is 2.64 bits per heavy atom. The second kappa shape index (κ2) is 9.04. The van der Waals surface area contributed by atoms with Crippen molar-refractivity contribution < 1.29 is 4.79 Å². The maximum absolute atomic E-state index is 12.2. The molecule has 2 aromatic rings. The summed E-state index contributed by atoms with van der Waals surface area (Å²) >= 11 is 1.41. The van der Waals surface area contributed by atoms with Crippen LogP contribution in [0.4, 0.5) is 0 Å².